The number of halogens is 1. The van der Waals surface area contributed by atoms with Gasteiger partial charge in [0.15, 0.2) is 0 Å². The van der Waals surface area contributed by atoms with Crippen LogP contribution in [0.15, 0.2) is 22.8 Å². The minimum absolute atomic E-state index is 0.180. The molecule has 2 bridgehead atoms. The summed E-state index contributed by atoms with van der Waals surface area (Å²) in [4.78, 5) is 4.38. The SMILES string of the molecule is NC(Cc1ccc(Br)cn1)C1CC2CCC1O2. The van der Waals surface area contributed by atoms with Gasteiger partial charge in [0.1, 0.15) is 0 Å². The number of hydrogen-bond donors (Lipinski definition) is 1. The van der Waals surface area contributed by atoms with Gasteiger partial charge in [0, 0.05) is 34.7 Å². The Morgan fingerprint density at radius 2 is 2.35 bits per heavy atom. The zero-order valence-electron chi connectivity index (χ0n) is 9.68. The molecular weight excluding hydrogens is 280 g/mol. The van der Waals surface area contributed by atoms with Crippen LogP contribution in [0.3, 0.4) is 0 Å². The number of aromatic nitrogens is 1. The molecule has 0 amide bonds. The molecule has 1 aromatic rings. The molecule has 2 aliphatic heterocycles. The second-order valence-corrected chi connectivity index (χ2v) is 6.02. The van der Waals surface area contributed by atoms with E-state index in [0.717, 1.165) is 23.0 Å². The Bertz CT molecular complexity index is 395. The van der Waals surface area contributed by atoms with Crippen LogP contribution in [0.4, 0.5) is 0 Å². The first-order valence-corrected chi connectivity index (χ1v) is 7.03. The van der Waals surface area contributed by atoms with Gasteiger partial charge in [-0.05, 0) is 47.3 Å². The molecular formula is C13H17BrN2O. The highest BCUT2D eigenvalue weighted by Gasteiger charge is 2.43. The van der Waals surface area contributed by atoms with Crippen LogP contribution in [0, 0.1) is 5.92 Å². The normalized spacial score (nSPS) is 32.9. The Labute approximate surface area is 110 Å². The largest absolute Gasteiger partial charge is 0.375 e. The quantitative estimate of drug-likeness (QED) is 0.931. The summed E-state index contributed by atoms with van der Waals surface area (Å²) in [6.45, 7) is 0. The van der Waals surface area contributed by atoms with Crippen molar-refractivity contribution in [1.82, 2.24) is 4.98 Å². The van der Waals surface area contributed by atoms with E-state index in [1.807, 2.05) is 18.3 Å². The predicted octanol–water partition coefficient (Wildman–Crippen LogP) is 2.28. The summed E-state index contributed by atoms with van der Waals surface area (Å²) in [5.41, 5.74) is 7.38. The van der Waals surface area contributed by atoms with Crippen LogP contribution in [-0.4, -0.2) is 23.2 Å². The number of rotatable bonds is 3. The van der Waals surface area contributed by atoms with Crippen molar-refractivity contribution >= 4 is 15.9 Å². The number of ether oxygens (including phenoxy) is 1. The van der Waals surface area contributed by atoms with E-state index in [4.69, 9.17) is 10.5 Å². The number of fused-ring (bicyclic) bond motifs is 2. The summed E-state index contributed by atoms with van der Waals surface area (Å²) in [6.07, 6.45) is 7.13. The second kappa shape index (κ2) is 4.67. The maximum atomic E-state index is 6.30. The zero-order chi connectivity index (χ0) is 11.8. The molecule has 17 heavy (non-hydrogen) atoms. The average Bonchev–Trinajstić information content (AvgIpc) is 2.94. The van der Waals surface area contributed by atoms with E-state index < -0.39 is 0 Å². The molecule has 0 aromatic carbocycles. The van der Waals surface area contributed by atoms with Crippen molar-refractivity contribution in [1.29, 1.82) is 0 Å². The van der Waals surface area contributed by atoms with Gasteiger partial charge < -0.3 is 10.5 Å². The highest BCUT2D eigenvalue weighted by atomic mass is 79.9. The van der Waals surface area contributed by atoms with Gasteiger partial charge in [0.05, 0.1) is 12.2 Å². The lowest BCUT2D eigenvalue weighted by Gasteiger charge is -2.24. The van der Waals surface area contributed by atoms with E-state index in [-0.39, 0.29) is 6.04 Å². The molecule has 4 unspecified atom stereocenters. The fourth-order valence-electron chi connectivity index (χ4n) is 3.05. The molecule has 2 fully saturated rings. The third-order valence-electron chi connectivity index (χ3n) is 3.94. The lowest BCUT2D eigenvalue weighted by atomic mass is 9.82. The van der Waals surface area contributed by atoms with Crippen LogP contribution in [0.2, 0.25) is 0 Å². The van der Waals surface area contributed by atoms with E-state index in [1.165, 1.54) is 12.8 Å². The maximum absolute atomic E-state index is 6.30. The molecule has 0 aliphatic carbocycles. The molecule has 0 spiro atoms. The van der Waals surface area contributed by atoms with E-state index in [2.05, 4.69) is 20.9 Å². The first-order chi connectivity index (χ1) is 8.22. The summed E-state index contributed by atoms with van der Waals surface area (Å²) in [7, 11) is 0. The van der Waals surface area contributed by atoms with Gasteiger partial charge in [-0.15, -0.1) is 0 Å². The Kier molecular flexibility index (Phi) is 3.19. The first-order valence-electron chi connectivity index (χ1n) is 6.24. The molecule has 3 heterocycles. The third-order valence-corrected chi connectivity index (χ3v) is 4.41. The zero-order valence-corrected chi connectivity index (χ0v) is 11.3. The molecule has 2 aliphatic rings. The summed E-state index contributed by atoms with van der Waals surface area (Å²) in [5.74, 6) is 0.527. The monoisotopic (exact) mass is 296 g/mol. The van der Waals surface area contributed by atoms with Crippen LogP contribution in [0.5, 0.6) is 0 Å². The van der Waals surface area contributed by atoms with Crippen LogP contribution in [0.25, 0.3) is 0 Å². The lowest BCUT2D eigenvalue weighted by Crippen LogP contribution is -2.38. The minimum atomic E-state index is 0.180. The average molecular weight is 297 g/mol. The standard InChI is InChI=1S/C13H17BrN2O/c14-8-1-2-9(16-7-8)5-12(15)11-6-10-3-4-13(11)17-10/h1-2,7,10-13H,3-6,15H2. The van der Waals surface area contributed by atoms with Gasteiger partial charge >= 0.3 is 0 Å². The second-order valence-electron chi connectivity index (χ2n) is 5.11. The molecule has 3 rings (SSSR count). The van der Waals surface area contributed by atoms with Crippen LogP contribution >= 0.6 is 15.9 Å². The third kappa shape index (κ3) is 2.39. The highest BCUT2D eigenvalue weighted by Crippen LogP contribution is 2.40. The minimum Gasteiger partial charge on any atom is -0.375 e. The number of pyridine rings is 1. The summed E-state index contributed by atoms with van der Waals surface area (Å²) >= 11 is 3.39. The van der Waals surface area contributed by atoms with Crippen LogP contribution in [0.1, 0.15) is 25.0 Å². The Hall–Kier alpha value is -0.450. The van der Waals surface area contributed by atoms with Crippen molar-refractivity contribution in [2.45, 2.75) is 43.9 Å². The molecule has 92 valence electrons. The Balaban J connectivity index is 1.63. The number of hydrogen-bond acceptors (Lipinski definition) is 3. The van der Waals surface area contributed by atoms with E-state index >= 15 is 0 Å². The van der Waals surface area contributed by atoms with E-state index in [9.17, 15) is 0 Å². The van der Waals surface area contributed by atoms with Gasteiger partial charge in [-0.2, -0.15) is 0 Å². The number of nitrogens with two attached hydrogens (primary N) is 1. The van der Waals surface area contributed by atoms with E-state index in [1.54, 1.807) is 0 Å². The van der Waals surface area contributed by atoms with Crippen LogP contribution in [-0.2, 0) is 11.2 Å². The molecule has 2 saturated heterocycles. The van der Waals surface area contributed by atoms with Crippen molar-refractivity contribution in [3.05, 3.63) is 28.5 Å². The molecule has 4 atom stereocenters. The van der Waals surface area contributed by atoms with Gasteiger partial charge in [-0.1, -0.05) is 0 Å². The summed E-state index contributed by atoms with van der Waals surface area (Å²) < 4.78 is 6.87. The Morgan fingerprint density at radius 1 is 1.47 bits per heavy atom. The fraction of sp³-hybridized carbons (Fsp3) is 0.615. The molecule has 4 heteroatoms. The van der Waals surface area contributed by atoms with Crippen molar-refractivity contribution in [3.63, 3.8) is 0 Å². The van der Waals surface area contributed by atoms with Gasteiger partial charge in [0.25, 0.3) is 0 Å². The van der Waals surface area contributed by atoms with Crippen LogP contribution < -0.4 is 5.73 Å². The fourth-order valence-corrected chi connectivity index (χ4v) is 3.28. The smallest absolute Gasteiger partial charge is 0.0623 e. The number of nitrogens with zero attached hydrogens (tertiary/aromatic N) is 1. The highest BCUT2D eigenvalue weighted by molar-refractivity contribution is 9.10. The van der Waals surface area contributed by atoms with Gasteiger partial charge in [0.2, 0.25) is 0 Å². The molecule has 0 radical (unpaired) electrons. The Morgan fingerprint density at radius 3 is 2.94 bits per heavy atom. The molecule has 2 N–H and O–H groups in total. The molecule has 3 nitrogen and oxygen atoms in total. The maximum Gasteiger partial charge on any atom is 0.0623 e. The summed E-state index contributed by atoms with van der Waals surface area (Å²) in [5, 5.41) is 0. The van der Waals surface area contributed by atoms with Crippen molar-refractivity contribution in [2.24, 2.45) is 11.7 Å². The van der Waals surface area contributed by atoms with Crippen molar-refractivity contribution < 1.29 is 4.74 Å². The molecule has 0 saturated carbocycles. The van der Waals surface area contributed by atoms with Crippen molar-refractivity contribution in [3.8, 4) is 0 Å². The predicted molar refractivity (Wildman–Crippen MR) is 69.6 cm³/mol. The molecule has 1 aromatic heterocycles. The van der Waals surface area contributed by atoms with Crippen molar-refractivity contribution in [2.75, 3.05) is 0 Å². The lowest BCUT2D eigenvalue weighted by molar-refractivity contribution is 0.0884. The van der Waals surface area contributed by atoms with Gasteiger partial charge in [-0.3, -0.25) is 4.98 Å². The van der Waals surface area contributed by atoms with E-state index in [0.29, 0.717) is 18.1 Å². The summed E-state index contributed by atoms with van der Waals surface area (Å²) in [6, 6.07) is 4.24. The van der Waals surface area contributed by atoms with Gasteiger partial charge in [-0.25, -0.2) is 0 Å². The topological polar surface area (TPSA) is 48.1 Å². The first kappa shape index (κ1) is 11.6.